The molecule has 8 heteroatoms. The van der Waals surface area contributed by atoms with E-state index in [9.17, 15) is 17.6 Å². The number of ether oxygens (including phenoxy) is 1. The predicted molar refractivity (Wildman–Crippen MR) is 83.4 cm³/mol. The first-order valence-electron chi connectivity index (χ1n) is 7.85. The molecule has 0 spiro atoms. The van der Waals surface area contributed by atoms with Crippen LogP contribution < -0.4 is 9.64 Å². The summed E-state index contributed by atoms with van der Waals surface area (Å²) in [6, 6.07) is 6.83. The molecule has 2 aliphatic rings. The third-order valence-corrected chi connectivity index (χ3v) is 4.52. The Morgan fingerprint density at radius 2 is 1.72 bits per heavy atom. The maximum atomic E-state index is 14.2. The standard InChI is InChI=1S/C17H15F4N3O/c1-25-11-4-2-10(3-5-11)13-12-6-7-17(20,21)14(12)23-15(22-13)24-8-16(18,19)9-24/h2-5H,6-9H2,1H3. The Morgan fingerprint density at radius 1 is 1.04 bits per heavy atom. The highest BCUT2D eigenvalue weighted by atomic mass is 19.3. The topological polar surface area (TPSA) is 38.2 Å². The molecule has 4 nitrogen and oxygen atoms in total. The van der Waals surface area contributed by atoms with Gasteiger partial charge in [0, 0.05) is 17.5 Å². The zero-order valence-corrected chi connectivity index (χ0v) is 13.4. The van der Waals surface area contributed by atoms with Gasteiger partial charge in [0.05, 0.1) is 25.9 Å². The van der Waals surface area contributed by atoms with Crippen LogP contribution in [0.3, 0.4) is 0 Å². The van der Waals surface area contributed by atoms with E-state index in [1.54, 1.807) is 24.3 Å². The van der Waals surface area contributed by atoms with E-state index in [1.807, 2.05) is 0 Å². The summed E-state index contributed by atoms with van der Waals surface area (Å²) in [5.41, 5.74) is 1.03. The highest BCUT2D eigenvalue weighted by Crippen LogP contribution is 2.45. The first-order valence-corrected chi connectivity index (χ1v) is 7.85. The van der Waals surface area contributed by atoms with E-state index in [-0.39, 0.29) is 24.5 Å². The van der Waals surface area contributed by atoms with E-state index >= 15 is 0 Å². The number of benzene rings is 1. The molecule has 0 unspecified atom stereocenters. The number of aromatic nitrogens is 2. The van der Waals surface area contributed by atoms with E-state index in [2.05, 4.69) is 9.97 Å². The van der Waals surface area contributed by atoms with Crippen LogP contribution in [0.25, 0.3) is 11.3 Å². The largest absolute Gasteiger partial charge is 0.497 e. The molecule has 1 aliphatic carbocycles. The lowest BCUT2D eigenvalue weighted by Crippen LogP contribution is -2.57. The third kappa shape index (κ3) is 2.69. The van der Waals surface area contributed by atoms with Gasteiger partial charge in [0.25, 0.3) is 11.8 Å². The number of alkyl halides is 4. The maximum Gasteiger partial charge on any atom is 0.290 e. The van der Waals surface area contributed by atoms with Gasteiger partial charge >= 0.3 is 0 Å². The van der Waals surface area contributed by atoms with Crippen LogP contribution in [-0.2, 0) is 12.3 Å². The molecule has 0 bridgehead atoms. The molecule has 0 atom stereocenters. The van der Waals surface area contributed by atoms with Crippen molar-refractivity contribution in [2.75, 3.05) is 25.1 Å². The van der Waals surface area contributed by atoms with Crippen LogP contribution in [0, 0.1) is 0 Å². The number of methoxy groups -OCH3 is 1. The van der Waals surface area contributed by atoms with Crippen LogP contribution >= 0.6 is 0 Å². The number of anilines is 1. The molecule has 0 N–H and O–H groups in total. The third-order valence-electron chi connectivity index (χ3n) is 4.52. The number of hydrogen-bond acceptors (Lipinski definition) is 4. The van der Waals surface area contributed by atoms with Crippen molar-refractivity contribution in [3.8, 4) is 17.0 Å². The molecule has 1 aliphatic heterocycles. The van der Waals surface area contributed by atoms with Crippen LogP contribution in [0.1, 0.15) is 17.7 Å². The number of fused-ring (bicyclic) bond motifs is 1. The van der Waals surface area contributed by atoms with E-state index < -0.39 is 24.9 Å². The lowest BCUT2D eigenvalue weighted by molar-refractivity contribution is -0.0275. The number of halogens is 4. The van der Waals surface area contributed by atoms with Crippen molar-refractivity contribution in [2.45, 2.75) is 24.7 Å². The molecule has 1 aromatic heterocycles. The Balaban J connectivity index is 1.81. The zero-order chi connectivity index (χ0) is 17.8. The second kappa shape index (κ2) is 5.31. The minimum Gasteiger partial charge on any atom is -0.497 e. The molecule has 4 rings (SSSR count). The van der Waals surface area contributed by atoms with Crippen molar-refractivity contribution >= 4 is 5.95 Å². The van der Waals surface area contributed by atoms with E-state index in [0.29, 0.717) is 22.6 Å². The van der Waals surface area contributed by atoms with E-state index in [4.69, 9.17) is 4.74 Å². The molecule has 1 saturated heterocycles. The van der Waals surface area contributed by atoms with Gasteiger partial charge in [0.2, 0.25) is 5.95 Å². The van der Waals surface area contributed by atoms with Gasteiger partial charge in [-0.05, 0) is 30.7 Å². The fourth-order valence-corrected chi connectivity index (χ4v) is 3.19. The summed E-state index contributed by atoms with van der Waals surface area (Å²) in [7, 11) is 1.53. The highest BCUT2D eigenvalue weighted by Gasteiger charge is 2.48. The van der Waals surface area contributed by atoms with Gasteiger partial charge < -0.3 is 9.64 Å². The average molecular weight is 353 g/mol. The molecule has 2 aromatic rings. The summed E-state index contributed by atoms with van der Waals surface area (Å²) in [6.45, 7) is -1.11. The molecular formula is C17H15F4N3O. The van der Waals surface area contributed by atoms with Crippen molar-refractivity contribution < 1.29 is 22.3 Å². The normalized spacial score (nSPS) is 20.1. The number of rotatable bonds is 3. The Labute approximate surface area is 141 Å². The molecule has 0 saturated carbocycles. The maximum absolute atomic E-state index is 14.2. The van der Waals surface area contributed by atoms with Crippen molar-refractivity contribution in [2.24, 2.45) is 0 Å². The number of nitrogens with zero attached hydrogens (tertiary/aromatic N) is 3. The second-order valence-electron chi connectivity index (χ2n) is 6.34. The van der Waals surface area contributed by atoms with Crippen molar-refractivity contribution in [3.63, 3.8) is 0 Å². The minimum atomic E-state index is -3.07. The molecule has 1 fully saturated rings. The average Bonchev–Trinajstić information content (AvgIpc) is 2.87. The van der Waals surface area contributed by atoms with Gasteiger partial charge in [0.15, 0.2) is 0 Å². The molecule has 132 valence electrons. The summed E-state index contributed by atoms with van der Waals surface area (Å²) >= 11 is 0. The summed E-state index contributed by atoms with van der Waals surface area (Å²) in [6.07, 6.45) is -0.195. The van der Waals surface area contributed by atoms with Crippen LogP contribution in [0.5, 0.6) is 5.75 Å². The SMILES string of the molecule is COc1ccc(-c2nc(N3CC(F)(F)C3)nc3c2CCC3(F)F)cc1. The molecule has 0 amide bonds. The van der Waals surface area contributed by atoms with Crippen LogP contribution in [-0.4, -0.2) is 36.1 Å². The predicted octanol–water partition coefficient (Wildman–Crippen LogP) is 3.65. The second-order valence-corrected chi connectivity index (χ2v) is 6.34. The van der Waals surface area contributed by atoms with Crippen LogP contribution in [0.2, 0.25) is 0 Å². The lowest BCUT2D eigenvalue weighted by atomic mass is 10.0. The van der Waals surface area contributed by atoms with Gasteiger partial charge in [-0.2, -0.15) is 8.78 Å². The summed E-state index contributed by atoms with van der Waals surface area (Å²) in [5.74, 6) is -5.34. The fourth-order valence-electron chi connectivity index (χ4n) is 3.19. The van der Waals surface area contributed by atoms with Crippen molar-refractivity contribution in [3.05, 3.63) is 35.5 Å². The minimum absolute atomic E-state index is 0.0722. The van der Waals surface area contributed by atoms with E-state index in [1.165, 1.54) is 12.0 Å². The number of hydrogen-bond donors (Lipinski definition) is 0. The quantitative estimate of drug-likeness (QED) is 0.790. The molecule has 2 heterocycles. The first-order chi connectivity index (χ1) is 11.8. The Bertz CT molecular complexity index is 815. The van der Waals surface area contributed by atoms with Crippen molar-refractivity contribution in [1.82, 2.24) is 9.97 Å². The van der Waals surface area contributed by atoms with Gasteiger partial charge in [-0.15, -0.1) is 0 Å². The summed E-state index contributed by atoms with van der Waals surface area (Å²) in [4.78, 5) is 9.47. The van der Waals surface area contributed by atoms with E-state index in [0.717, 1.165) is 0 Å². The molecular weight excluding hydrogens is 338 g/mol. The fraction of sp³-hybridized carbons (Fsp3) is 0.412. The zero-order valence-electron chi connectivity index (χ0n) is 13.4. The van der Waals surface area contributed by atoms with Crippen LogP contribution in [0.15, 0.2) is 24.3 Å². The summed E-state index contributed by atoms with van der Waals surface area (Å²) in [5, 5.41) is 0. The first kappa shape index (κ1) is 16.1. The highest BCUT2D eigenvalue weighted by molar-refractivity contribution is 5.68. The molecule has 1 aromatic carbocycles. The lowest BCUT2D eigenvalue weighted by Gasteiger charge is -2.39. The smallest absolute Gasteiger partial charge is 0.290 e. The Morgan fingerprint density at radius 3 is 2.32 bits per heavy atom. The Kier molecular flexibility index (Phi) is 3.42. The molecule has 0 radical (unpaired) electrons. The van der Waals surface area contributed by atoms with Crippen molar-refractivity contribution in [1.29, 1.82) is 0 Å². The Hall–Kier alpha value is -2.38. The monoisotopic (exact) mass is 353 g/mol. The van der Waals surface area contributed by atoms with Gasteiger partial charge in [-0.1, -0.05) is 0 Å². The summed E-state index contributed by atoms with van der Waals surface area (Å²) < 4.78 is 59.8. The van der Waals surface area contributed by atoms with Gasteiger partial charge in [-0.25, -0.2) is 18.7 Å². The van der Waals surface area contributed by atoms with Gasteiger partial charge in [-0.3, -0.25) is 0 Å². The van der Waals surface area contributed by atoms with Crippen LogP contribution in [0.4, 0.5) is 23.5 Å². The molecule has 25 heavy (non-hydrogen) atoms. The van der Waals surface area contributed by atoms with Gasteiger partial charge in [0.1, 0.15) is 11.4 Å².